The van der Waals surface area contributed by atoms with Gasteiger partial charge in [-0.1, -0.05) is 23.4 Å². The minimum atomic E-state index is 0.600. The average molecular weight is 372 g/mol. The Morgan fingerprint density at radius 3 is 2.25 bits per heavy atom. The lowest BCUT2D eigenvalue weighted by Crippen LogP contribution is -2.00. The van der Waals surface area contributed by atoms with Crippen molar-refractivity contribution in [2.45, 2.75) is 20.8 Å². The molecule has 0 aliphatic carbocycles. The molecule has 0 amide bonds. The number of rotatable bonds is 5. The van der Waals surface area contributed by atoms with Crippen LogP contribution in [0.3, 0.4) is 0 Å². The second-order valence-corrected chi connectivity index (χ2v) is 6.48. The smallest absolute Gasteiger partial charge is 0.167 e. The van der Waals surface area contributed by atoms with Crippen LogP contribution in [0, 0.1) is 20.8 Å². The lowest BCUT2D eigenvalue weighted by Gasteiger charge is -2.10. The molecule has 0 saturated heterocycles. The van der Waals surface area contributed by atoms with Gasteiger partial charge in [-0.05, 0) is 57.2 Å². The summed E-state index contributed by atoms with van der Waals surface area (Å²) in [6.45, 7) is 5.68. The average Bonchev–Trinajstić information content (AvgIpc) is 3.02. The first-order chi connectivity index (χ1) is 13.6. The summed E-state index contributed by atoms with van der Waals surface area (Å²) in [6, 6.07) is 19.3. The molecule has 0 saturated carbocycles. The monoisotopic (exact) mass is 372 g/mol. The lowest BCUT2D eigenvalue weighted by atomic mass is 10.2. The van der Waals surface area contributed by atoms with E-state index in [1.807, 2.05) is 81.4 Å². The molecule has 0 aliphatic rings. The topological polar surface area (TPSA) is 73.1 Å². The summed E-state index contributed by atoms with van der Waals surface area (Å²) in [6.07, 6.45) is 0. The molecule has 2 heterocycles. The minimum absolute atomic E-state index is 0.600. The fourth-order valence-corrected chi connectivity index (χ4v) is 2.93. The molecule has 6 nitrogen and oxygen atoms in total. The third-order valence-electron chi connectivity index (χ3n) is 4.22. The first kappa shape index (κ1) is 17.7. The van der Waals surface area contributed by atoms with Gasteiger partial charge in [-0.15, -0.1) is 0 Å². The Morgan fingerprint density at radius 2 is 1.57 bits per heavy atom. The van der Waals surface area contributed by atoms with E-state index in [-0.39, 0.29) is 0 Å². The number of para-hydroxylation sites is 1. The van der Waals surface area contributed by atoms with Crippen molar-refractivity contribution < 1.29 is 9.26 Å². The number of benzene rings is 2. The van der Waals surface area contributed by atoms with Gasteiger partial charge in [-0.3, -0.25) is 0 Å². The highest BCUT2D eigenvalue weighted by atomic mass is 16.5. The van der Waals surface area contributed by atoms with E-state index in [1.165, 1.54) is 0 Å². The third kappa shape index (κ3) is 3.86. The molecule has 1 N–H and O–H groups in total. The van der Waals surface area contributed by atoms with Crippen LogP contribution < -0.4 is 10.1 Å². The molecule has 28 heavy (non-hydrogen) atoms. The van der Waals surface area contributed by atoms with Crippen molar-refractivity contribution in [3.05, 3.63) is 77.8 Å². The Labute approximate surface area is 163 Å². The van der Waals surface area contributed by atoms with Crippen molar-refractivity contribution in [2.75, 3.05) is 5.32 Å². The van der Waals surface area contributed by atoms with E-state index in [0.717, 1.165) is 34.1 Å². The molecule has 0 atom stereocenters. The molecule has 140 valence electrons. The molecule has 0 unspecified atom stereocenters. The molecular weight excluding hydrogens is 352 g/mol. The quantitative estimate of drug-likeness (QED) is 0.492. The van der Waals surface area contributed by atoms with Crippen LogP contribution in [0.4, 0.5) is 11.5 Å². The third-order valence-corrected chi connectivity index (χ3v) is 4.22. The number of aryl methyl sites for hydroxylation is 3. The van der Waals surface area contributed by atoms with Gasteiger partial charge in [-0.25, -0.2) is 9.97 Å². The number of aromatic nitrogens is 3. The number of anilines is 2. The summed E-state index contributed by atoms with van der Waals surface area (Å²) in [5.41, 5.74) is 3.37. The summed E-state index contributed by atoms with van der Waals surface area (Å²) >= 11 is 0. The molecule has 2 aromatic heterocycles. The van der Waals surface area contributed by atoms with E-state index in [9.17, 15) is 0 Å². The van der Waals surface area contributed by atoms with Gasteiger partial charge in [-0.2, -0.15) is 0 Å². The first-order valence-corrected chi connectivity index (χ1v) is 8.97. The lowest BCUT2D eigenvalue weighted by molar-refractivity contribution is 0.393. The van der Waals surface area contributed by atoms with E-state index in [4.69, 9.17) is 9.26 Å². The molecule has 4 rings (SSSR count). The standard InChI is InChI=1S/C22H20N4O2/c1-14-13-20(25-22(23-14)21-15(2)26-28-16(21)3)24-17-9-11-19(12-10-17)27-18-7-5-4-6-8-18/h4-13H,1-3H3,(H,23,24,25). The largest absolute Gasteiger partial charge is 0.457 e. The van der Waals surface area contributed by atoms with Gasteiger partial charge >= 0.3 is 0 Å². The van der Waals surface area contributed by atoms with Gasteiger partial charge < -0.3 is 14.6 Å². The van der Waals surface area contributed by atoms with Gasteiger partial charge in [0.1, 0.15) is 23.1 Å². The van der Waals surface area contributed by atoms with E-state index in [2.05, 4.69) is 20.4 Å². The van der Waals surface area contributed by atoms with Crippen molar-refractivity contribution in [2.24, 2.45) is 0 Å². The van der Waals surface area contributed by atoms with Crippen LogP contribution in [0.5, 0.6) is 11.5 Å². The molecule has 0 fully saturated rings. The highest BCUT2D eigenvalue weighted by Gasteiger charge is 2.15. The second kappa shape index (κ2) is 7.52. The molecule has 4 aromatic rings. The molecule has 6 heteroatoms. The predicted molar refractivity (Wildman–Crippen MR) is 108 cm³/mol. The van der Waals surface area contributed by atoms with Gasteiger partial charge in [0.25, 0.3) is 0 Å². The summed E-state index contributed by atoms with van der Waals surface area (Å²) in [4.78, 5) is 9.16. The summed E-state index contributed by atoms with van der Waals surface area (Å²) in [5, 5.41) is 7.31. The minimum Gasteiger partial charge on any atom is -0.457 e. The zero-order valence-corrected chi connectivity index (χ0v) is 15.9. The highest BCUT2D eigenvalue weighted by Crippen LogP contribution is 2.27. The van der Waals surface area contributed by atoms with Crippen molar-refractivity contribution in [3.63, 3.8) is 0 Å². The predicted octanol–water partition coefficient (Wildman–Crippen LogP) is 5.59. The van der Waals surface area contributed by atoms with E-state index in [0.29, 0.717) is 17.4 Å². The number of ether oxygens (including phenoxy) is 1. The summed E-state index contributed by atoms with van der Waals surface area (Å²) < 4.78 is 11.1. The first-order valence-electron chi connectivity index (χ1n) is 8.97. The van der Waals surface area contributed by atoms with E-state index in [1.54, 1.807) is 0 Å². The van der Waals surface area contributed by atoms with Crippen molar-refractivity contribution in [3.8, 4) is 22.9 Å². The zero-order valence-electron chi connectivity index (χ0n) is 15.9. The molecule has 0 aliphatic heterocycles. The second-order valence-electron chi connectivity index (χ2n) is 6.48. The maximum absolute atomic E-state index is 5.83. The van der Waals surface area contributed by atoms with Gasteiger partial charge in [0.05, 0.1) is 11.3 Å². The normalized spacial score (nSPS) is 10.7. The summed E-state index contributed by atoms with van der Waals surface area (Å²) in [5.74, 6) is 3.59. The number of nitrogens with one attached hydrogen (secondary N) is 1. The van der Waals surface area contributed by atoms with E-state index >= 15 is 0 Å². The number of nitrogens with zero attached hydrogens (tertiary/aromatic N) is 3. The van der Waals surface area contributed by atoms with Gasteiger partial charge in [0.2, 0.25) is 0 Å². The van der Waals surface area contributed by atoms with Crippen LogP contribution in [-0.2, 0) is 0 Å². The van der Waals surface area contributed by atoms with Gasteiger partial charge in [0.15, 0.2) is 5.82 Å². The maximum Gasteiger partial charge on any atom is 0.167 e. The molecule has 0 radical (unpaired) electrons. The van der Waals surface area contributed by atoms with Crippen LogP contribution >= 0.6 is 0 Å². The van der Waals surface area contributed by atoms with Crippen LogP contribution in [-0.4, -0.2) is 15.1 Å². The SMILES string of the molecule is Cc1cc(Nc2ccc(Oc3ccccc3)cc2)nc(-c2c(C)noc2C)n1. The Morgan fingerprint density at radius 1 is 0.857 bits per heavy atom. The number of hydrogen-bond donors (Lipinski definition) is 1. The molecule has 0 spiro atoms. The molecule has 2 aromatic carbocycles. The zero-order chi connectivity index (χ0) is 19.5. The fraction of sp³-hybridized carbons (Fsp3) is 0.136. The number of hydrogen-bond acceptors (Lipinski definition) is 6. The fourth-order valence-electron chi connectivity index (χ4n) is 2.93. The van der Waals surface area contributed by atoms with Crippen LogP contribution in [0.1, 0.15) is 17.1 Å². The van der Waals surface area contributed by atoms with Crippen LogP contribution in [0.15, 0.2) is 65.2 Å². The molecule has 0 bridgehead atoms. The van der Waals surface area contributed by atoms with Crippen LogP contribution in [0.2, 0.25) is 0 Å². The summed E-state index contributed by atoms with van der Waals surface area (Å²) in [7, 11) is 0. The van der Waals surface area contributed by atoms with Crippen LogP contribution in [0.25, 0.3) is 11.4 Å². The molecular formula is C22H20N4O2. The Kier molecular flexibility index (Phi) is 4.76. The van der Waals surface area contributed by atoms with Crippen molar-refractivity contribution >= 4 is 11.5 Å². The van der Waals surface area contributed by atoms with E-state index < -0.39 is 0 Å². The maximum atomic E-state index is 5.83. The van der Waals surface area contributed by atoms with Gasteiger partial charge in [0, 0.05) is 17.4 Å². The van der Waals surface area contributed by atoms with Crippen molar-refractivity contribution in [1.82, 2.24) is 15.1 Å². The Balaban J connectivity index is 1.54. The van der Waals surface area contributed by atoms with Crippen molar-refractivity contribution in [1.29, 1.82) is 0 Å². The Hall–Kier alpha value is -3.67. The Bertz CT molecular complexity index is 1070. The highest BCUT2D eigenvalue weighted by molar-refractivity contribution is 5.64.